The number of rotatable bonds is 9. The SMILES string of the molecule is COc1ccc2ccn([C@@H]3O[C@H](COP(=O)(O)OP(=O)(O)OP(=O)(O)O)[C@@H](O)[C@H]3O)c(=O)c2c1. The lowest BCUT2D eigenvalue weighted by molar-refractivity contribution is -0.0533. The maximum absolute atomic E-state index is 12.9. The second kappa shape index (κ2) is 9.88. The first-order valence-electron chi connectivity index (χ1n) is 9.11. The summed E-state index contributed by atoms with van der Waals surface area (Å²) in [5, 5.41) is 21.3. The van der Waals surface area contributed by atoms with E-state index in [4.69, 9.17) is 24.2 Å². The molecule has 2 aromatic rings. The zero-order chi connectivity index (χ0) is 25.5. The highest BCUT2D eigenvalue weighted by atomic mass is 31.3. The van der Waals surface area contributed by atoms with Gasteiger partial charge in [-0.1, -0.05) is 6.07 Å². The summed E-state index contributed by atoms with van der Waals surface area (Å²) in [4.78, 5) is 48.6. The number of hydrogen-bond acceptors (Lipinski definition) is 11. The van der Waals surface area contributed by atoms with Crippen LogP contribution in [0, 0.1) is 0 Å². The Morgan fingerprint density at radius 3 is 2.29 bits per heavy atom. The minimum absolute atomic E-state index is 0.212. The molecule has 0 aliphatic carbocycles. The van der Waals surface area contributed by atoms with Crippen molar-refractivity contribution in [2.24, 2.45) is 0 Å². The first-order valence-corrected chi connectivity index (χ1v) is 13.6. The number of ether oxygens (including phenoxy) is 2. The maximum Gasteiger partial charge on any atom is 0.490 e. The number of aromatic nitrogens is 1. The number of hydrogen-bond donors (Lipinski definition) is 6. The summed E-state index contributed by atoms with van der Waals surface area (Å²) < 4.78 is 56.9. The van der Waals surface area contributed by atoms with Crippen LogP contribution < -0.4 is 10.3 Å². The number of benzene rings is 1. The number of nitrogens with zero attached hydrogens (tertiary/aromatic N) is 1. The summed E-state index contributed by atoms with van der Waals surface area (Å²) in [6, 6.07) is 6.26. The zero-order valence-corrected chi connectivity index (χ0v) is 19.7. The quantitative estimate of drug-likeness (QED) is 0.226. The van der Waals surface area contributed by atoms with E-state index < -0.39 is 60.2 Å². The van der Waals surface area contributed by atoms with Crippen molar-refractivity contribution in [3.8, 4) is 5.75 Å². The van der Waals surface area contributed by atoms with Crippen molar-refractivity contribution in [3.63, 3.8) is 0 Å². The van der Waals surface area contributed by atoms with Gasteiger partial charge >= 0.3 is 23.5 Å². The molecule has 0 saturated carbocycles. The van der Waals surface area contributed by atoms with Crippen molar-refractivity contribution in [2.75, 3.05) is 13.7 Å². The van der Waals surface area contributed by atoms with E-state index in [-0.39, 0.29) is 5.39 Å². The molecule has 0 radical (unpaired) electrons. The van der Waals surface area contributed by atoms with Gasteiger partial charge in [0.05, 0.1) is 19.1 Å². The minimum Gasteiger partial charge on any atom is -0.497 e. The van der Waals surface area contributed by atoms with Crippen LogP contribution in [0.1, 0.15) is 6.23 Å². The van der Waals surface area contributed by atoms with Gasteiger partial charge in [-0.15, -0.1) is 0 Å². The Balaban J connectivity index is 1.75. The largest absolute Gasteiger partial charge is 0.497 e. The fourth-order valence-electron chi connectivity index (χ4n) is 3.13. The standard InChI is InChI=1S/C15H20NO15P3/c1-27-9-3-2-8-4-5-16(14(19)10(8)6-9)15-13(18)12(17)11(29-15)7-28-33(23,24)31-34(25,26)30-32(20,21)22/h2-6,11-13,15,17-18H,7H2,1H3,(H,23,24)(H,25,26)(H2,20,21,22)/t11-,12-,13-,15-/m1/s1. The van der Waals surface area contributed by atoms with Crippen LogP contribution in [-0.2, 0) is 31.6 Å². The molecule has 3 rings (SSSR count). The molecular weight excluding hydrogens is 527 g/mol. The van der Waals surface area contributed by atoms with Gasteiger partial charge < -0.3 is 39.3 Å². The normalized spacial score (nSPS) is 26.8. The Kier molecular flexibility index (Phi) is 7.88. The van der Waals surface area contributed by atoms with Crippen LogP contribution in [0.4, 0.5) is 0 Å². The molecule has 1 fully saturated rings. The molecule has 1 aromatic carbocycles. The maximum atomic E-state index is 12.9. The van der Waals surface area contributed by atoms with Gasteiger partial charge in [0.25, 0.3) is 5.56 Å². The Morgan fingerprint density at radius 1 is 1.00 bits per heavy atom. The lowest BCUT2D eigenvalue weighted by atomic mass is 10.1. The van der Waals surface area contributed by atoms with Crippen LogP contribution in [0.2, 0.25) is 0 Å². The van der Waals surface area contributed by atoms with Crippen molar-refractivity contribution in [1.29, 1.82) is 0 Å². The summed E-state index contributed by atoms with van der Waals surface area (Å²) in [6.07, 6.45) is -5.13. The predicted octanol–water partition coefficient (Wildman–Crippen LogP) is -0.0274. The van der Waals surface area contributed by atoms with Crippen LogP contribution in [0.15, 0.2) is 35.3 Å². The van der Waals surface area contributed by atoms with Gasteiger partial charge in [-0.2, -0.15) is 8.62 Å². The third-order valence-corrected chi connectivity index (χ3v) is 8.37. The summed E-state index contributed by atoms with van der Waals surface area (Å²) >= 11 is 0. The van der Waals surface area contributed by atoms with Crippen molar-refractivity contribution >= 4 is 34.2 Å². The third kappa shape index (κ3) is 6.39. The molecule has 6 N–H and O–H groups in total. The topological polar surface area (TPSA) is 241 Å². The van der Waals surface area contributed by atoms with Gasteiger partial charge in [-0.3, -0.25) is 13.9 Å². The number of aliphatic hydroxyl groups is 2. The highest BCUT2D eigenvalue weighted by molar-refractivity contribution is 7.66. The average Bonchev–Trinajstić information content (AvgIpc) is 2.98. The summed E-state index contributed by atoms with van der Waals surface area (Å²) in [7, 11) is -15.4. The minimum atomic E-state index is -5.73. The Labute approximate surface area is 190 Å². The summed E-state index contributed by atoms with van der Waals surface area (Å²) in [5.74, 6) is 0.393. The first kappa shape index (κ1) is 27.1. The van der Waals surface area contributed by atoms with Gasteiger partial charge in [-0.25, -0.2) is 13.7 Å². The highest BCUT2D eigenvalue weighted by Crippen LogP contribution is 2.66. The van der Waals surface area contributed by atoms with Gasteiger partial charge in [0.1, 0.15) is 24.1 Å². The van der Waals surface area contributed by atoms with E-state index in [1.54, 1.807) is 12.1 Å². The number of fused-ring (bicyclic) bond motifs is 1. The molecule has 0 bridgehead atoms. The molecule has 190 valence electrons. The molecule has 1 aromatic heterocycles. The fourth-order valence-corrected chi connectivity index (χ4v) is 6.16. The molecule has 16 nitrogen and oxygen atoms in total. The van der Waals surface area contributed by atoms with E-state index in [0.29, 0.717) is 11.1 Å². The lowest BCUT2D eigenvalue weighted by Crippen LogP contribution is -2.35. The van der Waals surface area contributed by atoms with Crippen LogP contribution in [0.3, 0.4) is 0 Å². The Hall–Kier alpha value is -1.48. The number of pyridine rings is 1. The van der Waals surface area contributed by atoms with Gasteiger partial charge in [-0.05, 0) is 23.6 Å². The second-order valence-corrected chi connectivity index (χ2v) is 11.3. The van der Waals surface area contributed by atoms with E-state index >= 15 is 0 Å². The molecule has 6 atom stereocenters. The monoisotopic (exact) mass is 547 g/mol. The van der Waals surface area contributed by atoms with Crippen LogP contribution in [-0.4, -0.2) is 66.4 Å². The van der Waals surface area contributed by atoms with Gasteiger partial charge in [0.2, 0.25) is 0 Å². The Bertz CT molecular complexity index is 1260. The average molecular weight is 547 g/mol. The van der Waals surface area contributed by atoms with E-state index in [0.717, 1.165) is 4.57 Å². The van der Waals surface area contributed by atoms with Crippen molar-refractivity contribution in [3.05, 3.63) is 40.8 Å². The van der Waals surface area contributed by atoms with Crippen LogP contribution >= 0.6 is 23.5 Å². The third-order valence-electron chi connectivity index (χ3n) is 4.57. The van der Waals surface area contributed by atoms with Gasteiger partial charge in [0.15, 0.2) is 6.23 Å². The van der Waals surface area contributed by atoms with E-state index in [1.807, 2.05) is 0 Å². The molecular formula is C15H20NO15P3. The molecule has 1 aliphatic heterocycles. The molecule has 19 heteroatoms. The predicted molar refractivity (Wildman–Crippen MR) is 111 cm³/mol. The smallest absolute Gasteiger partial charge is 0.490 e. The highest BCUT2D eigenvalue weighted by Gasteiger charge is 2.46. The van der Waals surface area contributed by atoms with Crippen LogP contribution in [0.5, 0.6) is 5.75 Å². The number of aliphatic hydroxyl groups excluding tert-OH is 2. The van der Waals surface area contributed by atoms with Crippen molar-refractivity contribution < 1.29 is 66.1 Å². The molecule has 0 spiro atoms. The molecule has 0 amide bonds. The molecule has 2 heterocycles. The first-order chi connectivity index (χ1) is 15.6. The summed E-state index contributed by atoms with van der Waals surface area (Å²) in [5.41, 5.74) is -0.610. The van der Waals surface area contributed by atoms with Crippen molar-refractivity contribution in [1.82, 2.24) is 4.57 Å². The zero-order valence-electron chi connectivity index (χ0n) is 17.0. The van der Waals surface area contributed by atoms with E-state index in [2.05, 4.69) is 13.1 Å². The van der Waals surface area contributed by atoms with Gasteiger partial charge in [0, 0.05) is 6.20 Å². The number of phosphoric acid groups is 3. The fraction of sp³-hybridized carbons (Fsp3) is 0.400. The van der Waals surface area contributed by atoms with Crippen LogP contribution in [0.25, 0.3) is 10.8 Å². The lowest BCUT2D eigenvalue weighted by Gasteiger charge is -2.19. The molecule has 1 aliphatic rings. The molecule has 34 heavy (non-hydrogen) atoms. The molecule has 1 saturated heterocycles. The second-order valence-electron chi connectivity index (χ2n) is 6.91. The molecule has 2 unspecified atom stereocenters. The van der Waals surface area contributed by atoms with Crippen molar-refractivity contribution in [2.45, 2.75) is 24.5 Å². The Morgan fingerprint density at radius 2 is 1.68 bits per heavy atom. The summed E-state index contributed by atoms with van der Waals surface area (Å²) in [6.45, 7) is -1.01. The number of methoxy groups -OCH3 is 1. The van der Waals surface area contributed by atoms with E-state index in [9.17, 15) is 33.6 Å². The number of phosphoric ester groups is 1. The van der Waals surface area contributed by atoms with E-state index in [1.165, 1.54) is 25.4 Å².